The van der Waals surface area contributed by atoms with E-state index in [0.717, 1.165) is 11.1 Å². The van der Waals surface area contributed by atoms with Crippen LogP contribution >= 0.6 is 23.2 Å². The largest absolute Gasteiger partial charge is 0.481 e. The molecule has 2 aromatic carbocycles. The lowest BCUT2D eigenvalue weighted by Gasteiger charge is -2.19. The third kappa shape index (κ3) is 12.9. The van der Waals surface area contributed by atoms with Crippen LogP contribution in [0.4, 0.5) is 0 Å². The van der Waals surface area contributed by atoms with Crippen molar-refractivity contribution < 1.29 is 29.0 Å². The summed E-state index contributed by atoms with van der Waals surface area (Å²) in [6.45, 7) is 5.32. The molecule has 32 heavy (non-hydrogen) atoms. The first-order chi connectivity index (χ1) is 14.8. The number of halogens is 2. The minimum absolute atomic E-state index is 0.142. The summed E-state index contributed by atoms with van der Waals surface area (Å²) in [5, 5.41) is 9.58. The highest BCUT2D eigenvalue weighted by atomic mass is 35.5. The average Bonchev–Trinajstić information content (AvgIpc) is 2.63. The van der Waals surface area contributed by atoms with Crippen LogP contribution in [0.25, 0.3) is 0 Å². The number of carboxylic acids is 1. The molecule has 0 aliphatic heterocycles. The van der Waals surface area contributed by atoms with Crippen molar-refractivity contribution in [3.63, 3.8) is 0 Å². The molecule has 0 radical (unpaired) electrons. The number of ether oxygens (including phenoxy) is 1. The van der Waals surface area contributed by atoms with Gasteiger partial charge in [-0.2, -0.15) is 0 Å². The summed E-state index contributed by atoms with van der Waals surface area (Å²) in [7, 11) is 0. The molecule has 0 aliphatic rings. The van der Waals surface area contributed by atoms with Gasteiger partial charge >= 0.3 is 11.9 Å². The van der Waals surface area contributed by atoms with E-state index in [1.54, 1.807) is 69.3 Å². The molecule has 0 spiro atoms. The lowest BCUT2D eigenvalue weighted by molar-refractivity contribution is -0.156. The first-order valence-corrected chi connectivity index (χ1v) is 10.6. The molecular formula is C24H26Cl2O6. The molecule has 0 heterocycles. The van der Waals surface area contributed by atoms with Gasteiger partial charge < -0.3 is 9.84 Å². The van der Waals surface area contributed by atoms with Crippen LogP contribution in [0.3, 0.4) is 0 Å². The minimum Gasteiger partial charge on any atom is -0.481 e. The van der Waals surface area contributed by atoms with Gasteiger partial charge in [0, 0.05) is 22.9 Å². The number of rotatable bonds is 8. The number of carbonyl (C=O) groups excluding carboxylic acids is 3. The van der Waals surface area contributed by atoms with Gasteiger partial charge in [0.05, 0.1) is 0 Å². The van der Waals surface area contributed by atoms with Crippen molar-refractivity contribution in [1.82, 2.24) is 0 Å². The van der Waals surface area contributed by atoms with Gasteiger partial charge in [-0.25, -0.2) is 0 Å². The van der Waals surface area contributed by atoms with Gasteiger partial charge in [0.1, 0.15) is 30.0 Å². The van der Waals surface area contributed by atoms with Crippen molar-refractivity contribution >= 4 is 46.7 Å². The first-order valence-electron chi connectivity index (χ1n) is 9.80. The molecule has 0 bridgehead atoms. The highest BCUT2D eigenvalue weighted by molar-refractivity contribution is 6.30. The number of carbonyl (C=O) groups is 4. The lowest BCUT2D eigenvalue weighted by Crippen LogP contribution is -2.25. The summed E-state index contributed by atoms with van der Waals surface area (Å²) in [6.07, 6.45) is -0.262. The molecular weight excluding hydrogens is 455 g/mol. The van der Waals surface area contributed by atoms with Crippen LogP contribution in [0.15, 0.2) is 48.5 Å². The zero-order valence-electron chi connectivity index (χ0n) is 18.2. The molecule has 2 rings (SSSR count). The Balaban J connectivity index is 0.000000330. The molecule has 0 aromatic heterocycles. The van der Waals surface area contributed by atoms with E-state index in [1.807, 2.05) is 0 Å². The molecule has 0 atom stereocenters. The van der Waals surface area contributed by atoms with Gasteiger partial charge in [0.2, 0.25) is 0 Å². The zero-order valence-corrected chi connectivity index (χ0v) is 19.7. The van der Waals surface area contributed by atoms with Crippen LogP contribution in [-0.4, -0.2) is 34.2 Å². The Morgan fingerprint density at radius 3 is 1.47 bits per heavy atom. The van der Waals surface area contributed by atoms with Gasteiger partial charge in [-0.05, 0) is 56.2 Å². The Hall–Kier alpha value is -2.70. The van der Waals surface area contributed by atoms with Crippen LogP contribution in [0.2, 0.25) is 10.0 Å². The Labute approximate surface area is 197 Å². The fourth-order valence-corrected chi connectivity index (χ4v) is 2.74. The van der Waals surface area contributed by atoms with E-state index in [0.29, 0.717) is 10.0 Å². The van der Waals surface area contributed by atoms with E-state index in [4.69, 9.17) is 33.0 Å². The van der Waals surface area contributed by atoms with Crippen molar-refractivity contribution in [1.29, 1.82) is 0 Å². The summed E-state index contributed by atoms with van der Waals surface area (Å²) in [6, 6.07) is 13.7. The summed E-state index contributed by atoms with van der Waals surface area (Å²) >= 11 is 11.4. The first kappa shape index (κ1) is 27.3. The number of ketones is 2. The molecule has 2 aromatic rings. The maximum absolute atomic E-state index is 11.7. The molecule has 0 amide bonds. The second kappa shape index (κ2) is 13.0. The van der Waals surface area contributed by atoms with Crippen molar-refractivity contribution in [2.45, 2.75) is 52.1 Å². The van der Waals surface area contributed by atoms with E-state index in [2.05, 4.69) is 0 Å². The standard InChI is InChI=1S/C14H17ClO3.C10H9ClO3/c1-14(2,3)18-13(17)9-12(16)8-10-4-6-11(15)7-5-10;11-8-3-1-7(2-4-8)5-9(12)6-10(13)14/h4-7H,8-9H2,1-3H3;1-4H,5-6H2,(H,13,14). The Morgan fingerprint density at radius 2 is 1.12 bits per heavy atom. The van der Waals surface area contributed by atoms with Crippen LogP contribution in [0.1, 0.15) is 44.7 Å². The van der Waals surface area contributed by atoms with Gasteiger partial charge in [0.25, 0.3) is 0 Å². The number of Topliss-reactive ketones (excluding diaryl/α,β-unsaturated/α-hetero) is 2. The maximum atomic E-state index is 11.7. The second-order valence-corrected chi connectivity index (χ2v) is 8.89. The highest BCUT2D eigenvalue weighted by Gasteiger charge is 2.18. The average molecular weight is 481 g/mol. The Morgan fingerprint density at radius 1 is 0.750 bits per heavy atom. The molecule has 0 saturated heterocycles. The van der Waals surface area contributed by atoms with E-state index < -0.39 is 24.0 Å². The molecule has 0 saturated carbocycles. The topological polar surface area (TPSA) is 97.7 Å². The number of carboxylic acid groups (broad SMARTS) is 1. The maximum Gasteiger partial charge on any atom is 0.313 e. The predicted octanol–water partition coefficient (Wildman–Crippen LogP) is 5.11. The number of esters is 1. The normalized spacial score (nSPS) is 10.5. The molecule has 0 unspecified atom stereocenters. The SMILES string of the molecule is CC(C)(C)OC(=O)CC(=O)Cc1ccc(Cl)cc1.O=C(O)CC(=O)Cc1ccc(Cl)cc1. The number of benzene rings is 2. The van der Waals surface area contributed by atoms with Gasteiger partial charge in [-0.1, -0.05) is 47.5 Å². The molecule has 172 valence electrons. The van der Waals surface area contributed by atoms with E-state index >= 15 is 0 Å². The quantitative estimate of drug-likeness (QED) is 0.416. The van der Waals surface area contributed by atoms with Crippen molar-refractivity contribution in [2.24, 2.45) is 0 Å². The Kier molecular flexibility index (Phi) is 11.1. The number of hydrogen-bond acceptors (Lipinski definition) is 5. The molecule has 1 N–H and O–H groups in total. The summed E-state index contributed by atoms with van der Waals surface area (Å²) in [5.41, 5.74) is 1.06. The fraction of sp³-hybridized carbons (Fsp3) is 0.333. The summed E-state index contributed by atoms with van der Waals surface area (Å²) < 4.78 is 5.08. The van der Waals surface area contributed by atoms with Gasteiger partial charge in [0.15, 0.2) is 0 Å². The predicted molar refractivity (Wildman–Crippen MR) is 123 cm³/mol. The summed E-state index contributed by atoms with van der Waals surface area (Å²) in [5.74, 6) is -2.04. The van der Waals surface area contributed by atoms with E-state index in [1.165, 1.54) is 0 Å². The smallest absolute Gasteiger partial charge is 0.313 e. The summed E-state index contributed by atoms with van der Waals surface area (Å²) in [4.78, 5) is 44.4. The third-order valence-corrected chi connectivity index (χ3v) is 4.24. The van der Waals surface area contributed by atoms with Crippen molar-refractivity contribution in [2.75, 3.05) is 0 Å². The van der Waals surface area contributed by atoms with Gasteiger partial charge in [-0.3, -0.25) is 19.2 Å². The Bertz CT molecular complexity index is 928. The van der Waals surface area contributed by atoms with Crippen molar-refractivity contribution in [3.05, 3.63) is 69.7 Å². The van der Waals surface area contributed by atoms with Crippen LogP contribution in [0.5, 0.6) is 0 Å². The molecule has 6 nitrogen and oxygen atoms in total. The molecule has 8 heteroatoms. The zero-order chi connectivity index (χ0) is 24.3. The van der Waals surface area contributed by atoms with E-state index in [-0.39, 0.29) is 30.8 Å². The van der Waals surface area contributed by atoms with Crippen LogP contribution < -0.4 is 0 Å². The van der Waals surface area contributed by atoms with Gasteiger partial charge in [-0.15, -0.1) is 0 Å². The van der Waals surface area contributed by atoms with Crippen LogP contribution in [-0.2, 0) is 36.8 Å². The monoisotopic (exact) mass is 480 g/mol. The van der Waals surface area contributed by atoms with Crippen LogP contribution in [0, 0.1) is 0 Å². The fourth-order valence-electron chi connectivity index (χ4n) is 2.49. The number of aliphatic carboxylic acids is 1. The second-order valence-electron chi connectivity index (χ2n) is 8.02. The third-order valence-electron chi connectivity index (χ3n) is 3.74. The lowest BCUT2D eigenvalue weighted by atomic mass is 10.1. The molecule has 0 aliphatic carbocycles. The number of hydrogen-bond donors (Lipinski definition) is 1. The highest BCUT2D eigenvalue weighted by Crippen LogP contribution is 2.13. The minimum atomic E-state index is -1.09. The van der Waals surface area contributed by atoms with Crippen molar-refractivity contribution in [3.8, 4) is 0 Å². The molecule has 0 fully saturated rings. The van der Waals surface area contributed by atoms with E-state index in [9.17, 15) is 19.2 Å².